The zero-order valence-electron chi connectivity index (χ0n) is 9.77. The summed E-state index contributed by atoms with van der Waals surface area (Å²) < 4.78 is 6.70. The van der Waals surface area contributed by atoms with Crippen LogP contribution < -0.4 is 5.73 Å². The SMILES string of the molecule is Cc1cccc(N)c1-c1nc2cccc(Br)c2o1. The maximum atomic E-state index is 6.00. The van der Waals surface area contributed by atoms with Crippen LogP contribution in [0.2, 0.25) is 0 Å². The number of aromatic nitrogens is 1. The largest absolute Gasteiger partial charge is 0.435 e. The maximum absolute atomic E-state index is 6.00. The summed E-state index contributed by atoms with van der Waals surface area (Å²) in [6.07, 6.45) is 0. The van der Waals surface area contributed by atoms with Crippen molar-refractivity contribution in [3.05, 3.63) is 46.4 Å². The molecule has 0 amide bonds. The fourth-order valence-electron chi connectivity index (χ4n) is 2.00. The summed E-state index contributed by atoms with van der Waals surface area (Å²) in [5.41, 5.74) is 10.2. The number of benzene rings is 2. The molecule has 0 unspecified atom stereocenters. The molecule has 0 saturated carbocycles. The first-order valence-electron chi connectivity index (χ1n) is 5.57. The second-order valence-corrected chi connectivity index (χ2v) is 5.00. The van der Waals surface area contributed by atoms with Gasteiger partial charge in [0.2, 0.25) is 5.89 Å². The minimum Gasteiger partial charge on any atom is -0.435 e. The molecule has 0 aliphatic carbocycles. The van der Waals surface area contributed by atoms with Crippen LogP contribution in [0, 0.1) is 6.92 Å². The van der Waals surface area contributed by atoms with Gasteiger partial charge in [-0.15, -0.1) is 0 Å². The van der Waals surface area contributed by atoms with Crippen molar-refractivity contribution in [2.75, 3.05) is 5.73 Å². The van der Waals surface area contributed by atoms with Crippen LogP contribution in [0.4, 0.5) is 5.69 Å². The lowest BCUT2D eigenvalue weighted by Crippen LogP contribution is -1.92. The number of nitrogens with two attached hydrogens (primary N) is 1. The molecular weight excluding hydrogens is 292 g/mol. The Bertz CT molecular complexity index is 713. The number of nitrogen functional groups attached to an aromatic ring is 1. The smallest absolute Gasteiger partial charge is 0.229 e. The Balaban J connectivity index is 2.30. The molecule has 3 aromatic rings. The number of oxazole rings is 1. The average molecular weight is 303 g/mol. The third-order valence-electron chi connectivity index (χ3n) is 2.89. The summed E-state index contributed by atoms with van der Waals surface area (Å²) in [7, 11) is 0. The predicted octanol–water partition coefficient (Wildman–Crippen LogP) is 4.15. The molecule has 0 bridgehead atoms. The van der Waals surface area contributed by atoms with Gasteiger partial charge in [-0.25, -0.2) is 4.98 Å². The van der Waals surface area contributed by atoms with Crippen molar-refractivity contribution in [3.63, 3.8) is 0 Å². The van der Waals surface area contributed by atoms with E-state index in [0.29, 0.717) is 11.6 Å². The van der Waals surface area contributed by atoms with E-state index < -0.39 is 0 Å². The highest BCUT2D eigenvalue weighted by Gasteiger charge is 2.14. The lowest BCUT2D eigenvalue weighted by atomic mass is 10.1. The van der Waals surface area contributed by atoms with Gasteiger partial charge in [-0.05, 0) is 46.6 Å². The quantitative estimate of drug-likeness (QED) is 0.687. The molecular formula is C14H11BrN2O. The third-order valence-corrected chi connectivity index (χ3v) is 3.51. The van der Waals surface area contributed by atoms with Crippen molar-refractivity contribution in [2.24, 2.45) is 0 Å². The summed E-state index contributed by atoms with van der Waals surface area (Å²) >= 11 is 3.45. The Kier molecular flexibility index (Phi) is 2.59. The number of hydrogen-bond donors (Lipinski definition) is 1. The van der Waals surface area contributed by atoms with Crippen LogP contribution in [-0.2, 0) is 0 Å². The number of aryl methyl sites for hydroxylation is 1. The standard InChI is InChI=1S/C14H11BrN2O/c1-8-4-2-6-10(16)12(8)14-17-11-7-3-5-9(15)13(11)18-14/h2-7H,16H2,1H3. The van der Waals surface area contributed by atoms with Crippen LogP contribution in [-0.4, -0.2) is 4.98 Å². The Morgan fingerprint density at radius 1 is 1.17 bits per heavy atom. The van der Waals surface area contributed by atoms with Crippen molar-refractivity contribution in [3.8, 4) is 11.5 Å². The fourth-order valence-corrected chi connectivity index (χ4v) is 2.44. The number of nitrogens with zero attached hydrogens (tertiary/aromatic N) is 1. The average Bonchev–Trinajstić information content (AvgIpc) is 2.74. The van der Waals surface area contributed by atoms with Gasteiger partial charge in [0.25, 0.3) is 0 Å². The van der Waals surface area contributed by atoms with E-state index in [9.17, 15) is 0 Å². The molecule has 2 N–H and O–H groups in total. The molecule has 90 valence electrons. The number of halogens is 1. The molecule has 0 aliphatic rings. The number of anilines is 1. The molecule has 1 heterocycles. The van der Waals surface area contributed by atoms with Gasteiger partial charge in [0.15, 0.2) is 5.58 Å². The lowest BCUT2D eigenvalue weighted by molar-refractivity contribution is 0.618. The normalized spacial score (nSPS) is 11.0. The van der Waals surface area contributed by atoms with Gasteiger partial charge in [0.1, 0.15) is 5.52 Å². The third kappa shape index (κ3) is 1.69. The monoisotopic (exact) mass is 302 g/mol. The zero-order chi connectivity index (χ0) is 12.7. The number of hydrogen-bond acceptors (Lipinski definition) is 3. The van der Waals surface area contributed by atoms with E-state index in [0.717, 1.165) is 26.7 Å². The molecule has 0 aliphatic heterocycles. The van der Waals surface area contributed by atoms with Crippen LogP contribution in [0.15, 0.2) is 45.3 Å². The molecule has 0 fully saturated rings. The number of rotatable bonds is 1. The van der Waals surface area contributed by atoms with E-state index in [1.807, 2.05) is 43.3 Å². The molecule has 0 radical (unpaired) electrons. The molecule has 4 heteroatoms. The zero-order valence-corrected chi connectivity index (χ0v) is 11.4. The Hall–Kier alpha value is -1.81. The number of para-hydroxylation sites is 1. The second kappa shape index (κ2) is 4.14. The predicted molar refractivity (Wildman–Crippen MR) is 76.3 cm³/mol. The van der Waals surface area contributed by atoms with E-state index >= 15 is 0 Å². The van der Waals surface area contributed by atoms with E-state index in [4.69, 9.17) is 10.2 Å². The second-order valence-electron chi connectivity index (χ2n) is 4.15. The summed E-state index contributed by atoms with van der Waals surface area (Å²) in [6, 6.07) is 11.6. The summed E-state index contributed by atoms with van der Waals surface area (Å²) in [4.78, 5) is 4.49. The maximum Gasteiger partial charge on any atom is 0.229 e. The molecule has 3 rings (SSSR count). The van der Waals surface area contributed by atoms with Crippen molar-refractivity contribution in [1.29, 1.82) is 0 Å². The van der Waals surface area contributed by atoms with Crippen molar-refractivity contribution in [2.45, 2.75) is 6.92 Å². The highest BCUT2D eigenvalue weighted by Crippen LogP contribution is 2.33. The van der Waals surface area contributed by atoms with Crippen LogP contribution in [0.1, 0.15) is 5.56 Å². The van der Waals surface area contributed by atoms with E-state index in [1.54, 1.807) is 0 Å². The highest BCUT2D eigenvalue weighted by molar-refractivity contribution is 9.10. The van der Waals surface area contributed by atoms with Gasteiger partial charge in [-0.3, -0.25) is 0 Å². The molecule has 3 nitrogen and oxygen atoms in total. The minimum absolute atomic E-state index is 0.563. The molecule has 0 atom stereocenters. The van der Waals surface area contributed by atoms with Crippen molar-refractivity contribution >= 4 is 32.7 Å². The Morgan fingerprint density at radius 2 is 1.94 bits per heavy atom. The van der Waals surface area contributed by atoms with E-state index in [2.05, 4.69) is 20.9 Å². The van der Waals surface area contributed by atoms with Gasteiger partial charge in [0, 0.05) is 5.69 Å². The number of fused-ring (bicyclic) bond motifs is 1. The fraction of sp³-hybridized carbons (Fsp3) is 0.0714. The highest BCUT2D eigenvalue weighted by atomic mass is 79.9. The molecule has 18 heavy (non-hydrogen) atoms. The summed E-state index contributed by atoms with van der Waals surface area (Å²) in [5, 5.41) is 0. The topological polar surface area (TPSA) is 52.0 Å². The molecule has 0 spiro atoms. The van der Waals surface area contributed by atoms with Crippen LogP contribution in [0.3, 0.4) is 0 Å². The first-order chi connectivity index (χ1) is 8.66. The van der Waals surface area contributed by atoms with Crippen molar-refractivity contribution in [1.82, 2.24) is 4.98 Å². The summed E-state index contributed by atoms with van der Waals surface area (Å²) in [6.45, 7) is 2.00. The van der Waals surface area contributed by atoms with Gasteiger partial charge >= 0.3 is 0 Å². The first-order valence-corrected chi connectivity index (χ1v) is 6.36. The van der Waals surface area contributed by atoms with Crippen LogP contribution in [0.5, 0.6) is 0 Å². The van der Waals surface area contributed by atoms with Crippen molar-refractivity contribution < 1.29 is 4.42 Å². The van der Waals surface area contributed by atoms with Crippen LogP contribution >= 0.6 is 15.9 Å². The van der Waals surface area contributed by atoms with Gasteiger partial charge in [-0.1, -0.05) is 18.2 Å². The van der Waals surface area contributed by atoms with E-state index in [1.165, 1.54) is 0 Å². The van der Waals surface area contributed by atoms with Gasteiger partial charge < -0.3 is 10.2 Å². The molecule has 2 aromatic carbocycles. The Morgan fingerprint density at radius 3 is 2.67 bits per heavy atom. The summed E-state index contributed by atoms with van der Waals surface area (Å²) in [5.74, 6) is 0.563. The Labute approximate surface area is 113 Å². The first kappa shape index (κ1) is 11.3. The van der Waals surface area contributed by atoms with Gasteiger partial charge in [-0.2, -0.15) is 0 Å². The lowest BCUT2D eigenvalue weighted by Gasteiger charge is -2.04. The molecule has 0 saturated heterocycles. The minimum atomic E-state index is 0.563. The van der Waals surface area contributed by atoms with Crippen LogP contribution in [0.25, 0.3) is 22.6 Å². The molecule has 1 aromatic heterocycles. The van der Waals surface area contributed by atoms with E-state index in [-0.39, 0.29) is 0 Å². The van der Waals surface area contributed by atoms with Gasteiger partial charge in [0.05, 0.1) is 10.0 Å².